The number of likely N-dealkylation sites (tertiary alicyclic amines) is 1. The Morgan fingerprint density at radius 2 is 1.64 bits per heavy atom. The maximum absolute atomic E-state index is 12.9. The minimum absolute atomic E-state index is 0.0225. The van der Waals surface area contributed by atoms with E-state index in [1.54, 1.807) is 4.90 Å². The molecule has 7 nitrogen and oxygen atoms in total. The summed E-state index contributed by atoms with van der Waals surface area (Å²) in [6.07, 6.45) is 2.32. The molecule has 7 heteroatoms. The maximum atomic E-state index is 12.9. The highest BCUT2D eigenvalue weighted by molar-refractivity contribution is 5.94. The minimum Gasteiger partial charge on any atom is -0.338 e. The van der Waals surface area contributed by atoms with Crippen molar-refractivity contribution in [2.75, 3.05) is 32.7 Å². The Labute approximate surface area is 195 Å². The van der Waals surface area contributed by atoms with Gasteiger partial charge in [0, 0.05) is 57.8 Å². The highest BCUT2D eigenvalue weighted by atomic mass is 16.2. The van der Waals surface area contributed by atoms with Crippen LogP contribution in [0.15, 0.2) is 48.5 Å². The molecule has 2 heterocycles. The number of rotatable bonds is 5. The van der Waals surface area contributed by atoms with Gasteiger partial charge in [-0.2, -0.15) is 0 Å². The first kappa shape index (κ1) is 22.8. The van der Waals surface area contributed by atoms with Gasteiger partial charge in [0.1, 0.15) is 0 Å². The predicted octanol–water partition coefficient (Wildman–Crippen LogP) is 3.18. The molecular formula is C26H32N4O3. The largest absolute Gasteiger partial charge is 0.338 e. The topological polar surface area (TPSA) is 73.0 Å². The monoisotopic (exact) mass is 448 g/mol. The third-order valence-electron chi connectivity index (χ3n) is 6.32. The molecule has 33 heavy (non-hydrogen) atoms. The minimum atomic E-state index is -0.111. The van der Waals surface area contributed by atoms with Crippen molar-refractivity contribution in [2.24, 2.45) is 0 Å². The van der Waals surface area contributed by atoms with Gasteiger partial charge in [0.2, 0.25) is 5.91 Å². The second-order valence-electron chi connectivity index (χ2n) is 8.90. The Kier molecular flexibility index (Phi) is 7.27. The first-order chi connectivity index (χ1) is 16.0. The zero-order chi connectivity index (χ0) is 23.2. The second kappa shape index (κ2) is 10.5. The van der Waals surface area contributed by atoms with Crippen molar-refractivity contribution in [3.8, 4) is 0 Å². The van der Waals surface area contributed by atoms with Crippen LogP contribution in [-0.4, -0.2) is 65.3 Å². The fraction of sp³-hybridized carbons (Fsp3) is 0.423. The lowest BCUT2D eigenvalue weighted by molar-refractivity contribution is -0.128. The van der Waals surface area contributed by atoms with Gasteiger partial charge in [-0.3, -0.25) is 9.59 Å². The average molecular weight is 449 g/mol. The van der Waals surface area contributed by atoms with Crippen LogP contribution in [0.2, 0.25) is 0 Å². The lowest BCUT2D eigenvalue weighted by atomic mass is 10.1. The van der Waals surface area contributed by atoms with E-state index in [9.17, 15) is 14.4 Å². The third kappa shape index (κ3) is 5.92. The van der Waals surface area contributed by atoms with Gasteiger partial charge in [-0.05, 0) is 43.0 Å². The highest BCUT2D eigenvalue weighted by Crippen LogP contribution is 2.16. The van der Waals surface area contributed by atoms with Gasteiger partial charge >= 0.3 is 6.03 Å². The Morgan fingerprint density at radius 3 is 2.42 bits per heavy atom. The smallest absolute Gasteiger partial charge is 0.317 e. The fourth-order valence-corrected chi connectivity index (χ4v) is 4.50. The molecule has 0 aromatic heterocycles. The van der Waals surface area contributed by atoms with Gasteiger partial charge in [0.05, 0.1) is 0 Å². The number of carbonyl (C=O) groups excluding carboxylic acids is 3. The van der Waals surface area contributed by atoms with Crippen LogP contribution in [0.1, 0.15) is 46.3 Å². The molecule has 2 aliphatic rings. The zero-order valence-electron chi connectivity index (χ0n) is 19.3. The first-order valence-corrected chi connectivity index (χ1v) is 11.7. The normalized spacial score (nSPS) is 16.6. The average Bonchev–Trinajstić information content (AvgIpc) is 3.07. The summed E-state index contributed by atoms with van der Waals surface area (Å²) in [6, 6.07) is 15.6. The molecule has 2 fully saturated rings. The third-order valence-corrected chi connectivity index (χ3v) is 6.32. The molecule has 1 N–H and O–H groups in total. The van der Waals surface area contributed by atoms with Crippen molar-refractivity contribution in [3.05, 3.63) is 70.8 Å². The van der Waals surface area contributed by atoms with Crippen LogP contribution in [-0.2, 0) is 17.9 Å². The summed E-state index contributed by atoms with van der Waals surface area (Å²) >= 11 is 0. The molecular weight excluding hydrogens is 416 g/mol. The Balaban J connectivity index is 1.28. The van der Waals surface area contributed by atoms with E-state index in [1.165, 1.54) is 0 Å². The van der Waals surface area contributed by atoms with Crippen LogP contribution in [0.4, 0.5) is 4.79 Å². The summed E-state index contributed by atoms with van der Waals surface area (Å²) in [5, 5.41) is 3.01. The van der Waals surface area contributed by atoms with Crippen molar-refractivity contribution in [1.82, 2.24) is 20.0 Å². The quantitative estimate of drug-likeness (QED) is 0.764. The maximum Gasteiger partial charge on any atom is 0.317 e. The van der Waals surface area contributed by atoms with E-state index in [0.29, 0.717) is 51.3 Å². The Hall–Kier alpha value is -3.35. The van der Waals surface area contributed by atoms with Crippen LogP contribution < -0.4 is 5.32 Å². The number of nitrogens with one attached hydrogen (secondary N) is 1. The number of nitrogens with zero attached hydrogens (tertiary/aromatic N) is 3. The summed E-state index contributed by atoms with van der Waals surface area (Å²) in [6.45, 7) is 6.17. The molecule has 0 radical (unpaired) electrons. The van der Waals surface area contributed by atoms with Gasteiger partial charge in [0.15, 0.2) is 0 Å². The number of hydrogen-bond donors (Lipinski definition) is 1. The predicted molar refractivity (Wildman–Crippen MR) is 127 cm³/mol. The van der Waals surface area contributed by atoms with E-state index in [4.69, 9.17) is 0 Å². The van der Waals surface area contributed by atoms with Crippen LogP contribution >= 0.6 is 0 Å². The molecule has 0 unspecified atom stereocenters. The molecule has 0 spiro atoms. The molecule has 0 saturated carbocycles. The second-order valence-corrected chi connectivity index (χ2v) is 8.90. The fourth-order valence-electron chi connectivity index (χ4n) is 4.50. The number of benzene rings is 2. The molecule has 0 atom stereocenters. The molecule has 4 amide bonds. The Bertz CT molecular complexity index is 1020. The lowest BCUT2D eigenvalue weighted by Crippen LogP contribution is -2.42. The van der Waals surface area contributed by atoms with Gasteiger partial charge in [-0.15, -0.1) is 0 Å². The molecule has 174 valence electrons. The summed E-state index contributed by atoms with van der Waals surface area (Å²) in [4.78, 5) is 43.0. The summed E-state index contributed by atoms with van der Waals surface area (Å²) in [5.41, 5.74) is 3.85. The lowest BCUT2D eigenvalue weighted by Gasteiger charge is -2.23. The van der Waals surface area contributed by atoms with Gasteiger partial charge < -0.3 is 20.0 Å². The van der Waals surface area contributed by atoms with E-state index in [2.05, 4.69) is 11.4 Å². The van der Waals surface area contributed by atoms with E-state index in [0.717, 1.165) is 36.1 Å². The van der Waals surface area contributed by atoms with Crippen molar-refractivity contribution in [1.29, 1.82) is 0 Å². The molecule has 2 aromatic carbocycles. The molecule has 4 rings (SSSR count). The number of aryl methyl sites for hydroxylation is 1. The van der Waals surface area contributed by atoms with Crippen LogP contribution in [0, 0.1) is 6.92 Å². The van der Waals surface area contributed by atoms with Crippen molar-refractivity contribution < 1.29 is 14.4 Å². The number of hydrogen-bond acceptors (Lipinski definition) is 3. The van der Waals surface area contributed by atoms with Crippen LogP contribution in [0.25, 0.3) is 0 Å². The van der Waals surface area contributed by atoms with Crippen LogP contribution in [0.3, 0.4) is 0 Å². The summed E-state index contributed by atoms with van der Waals surface area (Å²) in [7, 11) is 0. The van der Waals surface area contributed by atoms with Crippen molar-refractivity contribution >= 4 is 17.8 Å². The van der Waals surface area contributed by atoms with E-state index in [-0.39, 0.29) is 17.8 Å². The van der Waals surface area contributed by atoms with Crippen molar-refractivity contribution in [2.45, 2.75) is 39.3 Å². The van der Waals surface area contributed by atoms with Gasteiger partial charge in [-0.1, -0.05) is 42.0 Å². The Morgan fingerprint density at radius 1 is 0.879 bits per heavy atom. The zero-order valence-corrected chi connectivity index (χ0v) is 19.3. The number of urea groups is 1. The van der Waals surface area contributed by atoms with Gasteiger partial charge in [0.25, 0.3) is 5.91 Å². The van der Waals surface area contributed by atoms with Crippen LogP contribution in [0.5, 0.6) is 0 Å². The van der Waals surface area contributed by atoms with E-state index in [1.807, 2.05) is 59.2 Å². The SMILES string of the molecule is Cc1cccc(C(=O)N2CCCN(C(=O)NCc3cccc(CN4CCCC4=O)c3)CC2)c1. The van der Waals surface area contributed by atoms with Crippen molar-refractivity contribution in [3.63, 3.8) is 0 Å². The summed E-state index contributed by atoms with van der Waals surface area (Å²) < 4.78 is 0. The summed E-state index contributed by atoms with van der Waals surface area (Å²) in [5.74, 6) is 0.235. The number of carbonyl (C=O) groups is 3. The van der Waals surface area contributed by atoms with E-state index >= 15 is 0 Å². The van der Waals surface area contributed by atoms with Gasteiger partial charge in [-0.25, -0.2) is 4.79 Å². The molecule has 0 bridgehead atoms. The molecule has 0 aliphatic carbocycles. The number of amides is 4. The molecule has 2 aliphatic heterocycles. The van der Waals surface area contributed by atoms with E-state index < -0.39 is 0 Å². The standard InChI is InChI=1S/C26H32N4O3/c1-20-6-2-9-23(16-20)25(32)28-12-5-13-29(15-14-28)26(33)27-18-21-7-3-8-22(17-21)19-30-11-4-10-24(30)31/h2-3,6-9,16-17H,4-5,10-15,18-19H2,1H3,(H,27,33). The molecule has 2 aromatic rings. The molecule has 2 saturated heterocycles. The first-order valence-electron chi connectivity index (χ1n) is 11.7. The highest BCUT2D eigenvalue weighted by Gasteiger charge is 2.23.